The zero-order valence-corrected chi connectivity index (χ0v) is 13.2. The summed E-state index contributed by atoms with van der Waals surface area (Å²) in [7, 11) is 2.15. The molecule has 0 aliphatic carbocycles. The van der Waals surface area contributed by atoms with Gasteiger partial charge in [-0.2, -0.15) is 0 Å². The van der Waals surface area contributed by atoms with Crippen LogP contribution in [0.4, 0.5) is 5.82 Å². The highest BCUT2D eigenvalue weighted by Crippen LogP contribution is 2.26. The van der Waals surface area contributed by atoms with E-state index in [-0.39, 0.29) is 0 Å². The van der Waals surface area contributed by atoms with Crippen LogP contribution in [0.3, 0.4) is 0 Å². The molecule has 116 valence electrons. The molecule has 1 aliphatic rings. The highest BCUT2D eigenvalue weighted by molar-refractivity contribution is 5.92. The third-order valence-electron chi connectivity index (χ3n) is 4.39. The molecule has 5 nitrogen and oxygen atoms in total. The van der Waals surface area contributed by atoms with Gasteiger partial charge < -0.3 is 9.80 Å². The van der Waals surface area contributed by atoms with Gasteiger partial charge in [0.1, 0.15) is 0 Å². The van der Waals surface area contributed by atoms with Gasteiger partial charge in [-0.15, -0.1) is 10.2 Å². The minimum absolute atomic E-state index is 0.868. The van der Waals surface area contributed by atoms with E-state index in [0.717, 1.165) is 54.2 Å². The summed E-state index contributed by atoms with van der Waals surface area (Å²) in [6.07, 6.45) is 1.82. The number of benzene rings is 1. The third kappa shape index (κ3) is 2.75. The van der Waals surface area contributed by atoms with Crippen LogP contribution in [0.15, 0.2) is 48.7 Å². The van der Waals surface area contributed by atoms with Gasteiger partial charge in [0, 0.05) is 43.3 Å². The van der Waals surface area contributed by atoms with Crippen molar-refractivity contribution in [2.24, 2.45) is 0 Å². The molecule has 0 bridgehead atoms. The Morgan fingerprint density at radius 2 is 1.70 bits per heavy atom. The van der Waals surface area contributed by atoms with Gasteiger partial charge in [0.25, 0.3) is 0 Å². The van der Waals surface area contributed by atoms with Crippen molar-refractivity contribution < 1.29 is 0 Å². The number of hydrogen-bond acceptors (Lipinski definition) is 5. The lowest BCUT2D eigenvalue weighted by molar-refractivity contribution is 0.312. The minimum atomic E-state index is 0.868. The Morgan fingerprint density at radius 3 is 2.48 bits per heavy atom. The molecule has 0 atom stereocenters. The van der Waals surface area contributed by atoms with Crippen LogP contribution in [-0.2, 0) is 0 Å². The molecule has 1 fully saturated rings. The van der Waals surface area contributed by atoms with Crippen molar-refractivity contribution in [2.75, 3.05) is 38.1 Å². The second-order valence-electron chi connectivity index (χ2n) is 5.95. The summed E-state index contributed by atoms with van der Waals surface area (Å²) in [5.41, 5.74) is 2.87. The van der Waals surface area contributed by atoms with E-state index in [1.54, 1.807) is 0 Å². The molecule has 3 aromatic rings. The molecule has 0 unspecified atom stereocenters. The van der Waals surface area contributed by atoms with E-state index < -0.39 is 0 Å². The molecular weight excluding hydrogens is 286 g/mol. The average Bonchev–Trinajstić information content (AvgIpc) is 2.62. The summed E-state index contributed by atoms with van der Waals surface area (Å²) in [5.74, 6) is 0.954. The van der Waals surface area contributed by atoms with E-state index in [0.29, 0.717) is 0 Å². The summed E-state index contributed by atoms with van der Waals surface area (Å²) in [6.45, 7) is 4.13. The standard InChI is InChI=1S/C18H19N5/c1-22-10-12-23(13-11-22)17-8-7-16(20-21-17)15-6-2-4-14-5-3-9-19-18(14)15/h2-9H,10-13H2,1H3. The lowest BCUT2D eigenvalue weighted by Gasteiger charge is -2.32. The van der Waals surface area contributed by atoms with Gasteiger partial charge >= 0.3 is 0 Å². The van der Waals surface area contributed by atoms with Crippen molar-refractivity contribution in [3.63, 3.8) is 0 Å². The second kappa shape index (κ2) is 5.93. The smallest absolute Gasteiger partial charge is 0.151 e. The monoisotopic (exact) mass is 305 g/mol. The van der Waals surface area contributed by atoms with Crippen LogP contribution in [0.2, 0.25) is 0 Å². The molecule has 0 saturated carbocycles. The van der Waals surface area contributed by atoms with Crippen molar-refractivity contribution in [3.05, 3.63) is 48.7 Å². The van der Waals surface area contributed by atoms with Gasteiger partial charge in [-0.25, -0.2) is 0 Å². The first kappa shape index (κ1) is 14.1. The van der Waals surface area contributed by atoms with Gasteiger partial charge in [-0.05, 0) is 25.2 Å². The molecule has 1 saturated heterocycles. The minimum Gasteiger partial charge on any atom is -0.353 e. The molecule has 23 heavy (non-hydrogen) atoms. The van der Waals surface area contributed by atoms with Crippen molar-refractivity contribution in [1.29, 1.82) is 0 Å². The number of para-hydroxylation sites is 1. The Hall–Kier alpha value is -2.53. The highest BCUT2D eigenvalue weighted by atomic mass is 15.3. The first-order valence-corrected chi connectivity index (χ1v) is 7.92. The first-order valence-electron chi connectivity index (χ1n) is 7.92. The average molecular weight is 305 g/mol. The Labute approximate surface area is 135 Å². The topological polar surface area (TPSA) is 45.2 Å². The van der Waals surface area contributed by atoms with E-state index in [9.17, 15) is 0 Å². The summed E-state index contributed by atoms with van der Waals surface area (Å²) >= 11 is 0. The van der Waals surface area contributed by atoms with Crippen LogP contribution < -0.4 is 4.90 Å². The summed E-state index contributed by atoms with van der Waals surface area (Å²) in [4.78, 5) is 9.12. The van der Waals surface area contributed by atoms with E-state index >= 15 is 0 Å². The number of rotatable bonds is 2. The Kier molecular flexibility index (Phi) is 3.63. The highest BCUT2D eigenvalue weighted by Gasteiger charge is 2.16. The molecule has 0 spiro atoms. The molecule has 5 heteroatoms. The van der Waals surface area contributed by atoms with E-state index in [4.69, 9.17) is 0 Å². The molecule has 3 heterocycles. The fraction of sp³-hybridized carbons (Fsp3) is 0.278. The Balaban J connectivity index is 1.65. The fourth-order valence-electron chi connectivity index (χ4n) is 2.98. The summed E-state index contributed by atoms with van der Waals surface area (Å²) < 4.78 is 0. The number of pyridine rings is 1. The van der Waals surface area contributed by atoms with Crippen LogP contribution >= 0.6 is 0 Å². The van der Waals surface area contributed by atoms with Crippen molar-refractivity contribution in [3.8, 4) is 11.3 Å². The second-order valence-corrected chi connectivity index (χ2v) is 5.95. The van der Waals surface area contributed by atoms with Crippen molar-refractivity contribution >= 4 is 16.7 Å². The molecule has 0 amide bonds. The van der Waals surface area contributed by atoms with E-state index in [1.807, 2.05) is 24.4 Å². The van der Waals surface area contributed by atoms with Crippen LogP contribution in [0.25, 0.3) is 22.2 Å². The number of anilines is 1. The summed E-state index contributed by atoms with van der Waals surface area (Å²) in [5, 5.41) is 10.0. The Bertz CT molecular complexity index is 802. The number of piperazine rings is 1. The zero-order valence-electron chi connectivity index (χ0n) is 13.2. The normalized spacial score (nSPS) is 16.0. The zero-order chi connectivity index (χ0) is 15.6. The number of likely N-dealkylation sites (N-methyl/N-ethyl adjacent to an activating group) is 1. The van der Waals surface area contributed by atoms with E-state index in [2.05, 4.69) is 56.3 Å². The van der Waals surface area contributed by atoms with Crippen LogP contribution in [0, 0.1) is 0 Å². The van der Waals surface area contributed by atoms with Crippen LogP contribution in [0.1, 0.15) is 0 Å². The van der Waals surface area contributed by atoms with Gasteiger partial charge in [0.15, 0.2) is 5.82 Å². The molecule has 4 rings (SSSR count). The van der Waals surface area contributed by atoms with Gasteiger partial charge in [0.05, 0.1) is 11.2 Å². The number of aromatic nitrogens is 3. The van der Waals surface area contributed by atoms with Crippen LogP contribution in [-0.4, -0.2) is 53.3 Å². The number of hydrogen-bond donors (Lipinski definition) is 0. The van der Waals surface area contributed by atoms with Gasteiger partial charge in [-0.3, -0.25) is 4.98 Å². The SMILES string of the molecule is CN1CCN(c2ccc(-c3cccc4cccnc34)nn2)CC1. The quantitative estimate of drug-likeness (QED) is 0.727. The molecule has 1 aromatic carbocycles. The maximum atomic E-state index is 4.49. The molecule has 0 radical (unpaired) electrons. The maximum absolute atomic E-state index is 4.49. The molecular formula is C18H19N5. The Morgan fingerprint density at radius 1 is 0.870 bits per heavy atom. The first-order chi connectivity index (χ1) is 11.3. The lowest BCUT2D eigenvalue weighted by Crippen LogP contribution is -2.44. The van der Waals surface area contributed by atoms with Gasteiger partial charge in [0.2, 0.25) is 0 Å². The molecule has 0 N–H and O–H groups in total. The van der Waals surface area contributed by atoms with Crippen LogP contribution in [0.5, 0.6) is 0 Å². The largest absolute Gasteiger partial charge is 0.353 e. The third-order valence-corrected chi connectivity index (χ3v) is 4.39. The number of nitrogens with zero attached hydrogens (tertiary/aromatic N) is 5. The maximum Gasteiger partial charge on any atom is 0.151 e. The van der Waals surface area contributed by atoms with Crippen molar-refractivity contribution in [1.82, 2.24) is 20.1 Å². The van der Waals surface area contributed by atoms with E-state index in [1.165, 1.54) is 0 Å². The summed E-state index contributed by atoms with van der Waals surface area (Å²) in [6, 6.07) is 14.3. The predicted molar refractivity (Wildman–Crippen MR) is 92.5 cm³/mol. The molecule has 2 aromatic heterocycles. The predicted octanol–water partition coefficient (Wildman–Crippen LogP) is 2.44. The van der Waals surface area contributed by atoms with Crippen molar-refractivity contribution in [2.45, 2.75) is 0 Å². The number of fused-ring (bicyclic) bond motifs is 1. The van der Waals surface area contributed by atoms with Gasteiger partial charge in [-0.1, -0.05) is 24.3 Å². The molecule has 1 aliphatic heterocycles. The lowest BCUT2D eigenvalue weighted by atomic mass is 10.1. The fourth-order valence-corrected chi connectivity index (χ4v) is 2.98.